The van der Waals surface area contributed by atoms with E-state index in [1.165, 1.54) is 11.1 Å². The number of amides is 1. The van der Waals surface area contributed by atoms with E-state index in [9.17, 15) is 4.79 Å². The molecule has 0 saturated carbocycles. The van der Waals surface area contributed by atoms with Gasteiger partial charge in [0, 0.05) is 19.0 Å². The first-order chi connectivity index (χ1) is 12.2. The topological polar surface area (TPSA) is 68.5 Å². The van der Waals surface area contributed by atoms with Crippen LogP contribution in [0.15, 0.2) is 42.6 Å². The summed E-state index contributed by atoms with van der Waals surface area (Å²) in [5.41, 5.74) is 3.18. The van der Waals surface area contributed by atoms with Crippen LogP contribution in [0.3, 0.4) is 0 Å². The molecule has 1 aliphatic heterocycles. The lowest BCUT2D eigenvalue weighted by atomic mass is 10.0. The fourth-order valence-corrected chi connectivity index (χ4v) is 3.19. The summed E-state index contributed by atoms with van der Waals surface area (Å²) in [5, 5.41) is 11.3. The minimum atomic E-state index is -0.196. The molecule has 128 valence electrons. The minimum absolute atomic E-state index is 0.0110. The van der Waals surface area contributed by atoms with E-state index in [0.29, 0.717) is 12.8 Å². The molecule has 0 radical (unpaired) electrons. The van der Waals surface area contributed by atoms with Crippen LogP contribution in [-0.4, -0.2) is 27.1 Å². The monoisotopic (exact) mass is 336 g/mol. The van der Waals surface area contributed by atoms with Gasteiger partial charge in [-0.3, -0.25) is 9.20 Å². The van der Waals surface area contributed by atoms with Gasteiger partial charge in [-0.15, -0.1) is 10.2 Å². The Balaban J connectivity index is 1.37. The molecule has 3 heterocycles. The molecule has 3 aromatic rings. The first-order valence-electron chi connectivity index (χ1n) is 8.54. The van der Waals surface area contributed by atoms with Gasteiger partial charge in [-0.2, -0.15) is 0 Å². The summed E-state index contributed by atoms with van der Waals surface area (Å²) in [5.74, 6) is 1.72. The van der Waals surface area contributed by atoms with E-state index in [1.807, 2.05) is 47.9 Å². The maximum atomic E-state index is 12.3. The number of carbonyl (C=O) groups is 1. The first-order valence-corrected chi connectivity index (χ1v) is 8.54. The molecule has 1 atom stereocenters. The van der Waals surface area contributed by atoms with E-state index in [4.69, 9.17) is 4.74 Å². The standard InChI is InChI=1S/C19H20N4O2/c1-13(19-22-21-17-4-2-3-10-23(17)19)20-18(24)8-6-14-5-7-16-15(12-14)9-11-25-16/h2-5,7,10,12-13H,6,8-9,11H2,1H3,(H,20,24)/t13-/m1/s1. The van der Waals surface area contributed by atoms with Crippen molar-refractivity contribution in [2.45, 2.75) is 32.2 Å². The molecule has 0 aliphatic carbocycles. The van der Waals surface area contributed by atoms with E-state index < -0.39 is 0 Å². The number of carbonyl (C=O) groups excluding carboxylic acids is 1. The fraction of sp³-hybridized carbons (Fsp3) is 0.316. The normalized spacial score (nSPS) is 14.1. The third kappa shape index (κ3) is 3.20. The number of hydrogen-bond donors (Lipinski definition) is 1. The quantitative estimate of drug-likeness (QED) is 0.777. The summed E-state index contributed by atoms with van der Waals surface area (Å²) >= 11 is 0. The van der Waals surface area contributed by atoms with Gasteiger partial charge in [0.2, 0.25) is 5.91 Å². The fourth-order valence-electron chi connectivity index (χ4n) is 3.19. The third-order valence-electron chi connectivity index (χ3n) is 4.50. The Morgan fingerprint density at radius 3 is 3.16 bits per heavy atom. The summed E-state index contributed by atoms with van der Waals surface area (Å²) < 4.78 is 7.41. The van der Waals surface area contributed by atoms with Crippen molar-refractivity contribution in [3.05, 3.63) is 59.5 Å². The number of aromatic nitrogens is 3. The lowest BCUT2D eigenvalue weighted by molar-refractivity contribution is -0.121. The van der Waals surface area contributed by atoms with Crippen molar-refractivity contribution in [2.75, 3.05) is 6.61 Å². The van der Waals surface area contributed by atoms with E-state index in [0.717, 1.165) is 30.2 Å². The Morgan fingerprint density at radius 2 is 2.24 bits per heavy atom. The number of rotatable bonds is 5. The van der Waals surface area contributed by atoms with E-state index in [-0.39, 0.29) is 11.9 Å². The molecule has 1 aliphatic rings. The van der Waals surface area contributed by atoms with Crippen molar-refractivity contribution >= 4 is 11.6 Å². The molecular formula is C19H20N4O2. The largest absolute Gasteiger partial charge is 0.493 e. The third-order valence-corrected chi connectivity index (χ3v) is 4.50. The average molecular weight is 336 g/mol. The van der Waals surface area contributed by atoms with Crippen LogP contribution >= 0.6 is 0 Å². The number of pyridine rings is 1. The van der Waals surface area contributed by atoms with Crippen LogP contribution in [0.4, 0.5) is 0 Å². The van der Waals surface area contributed by atoms with Crippen LogP contribution < -0.4 is 10.1 Å². The summed E-state index contributed by atoms with van der Waals surface area (Å²) in [4.78, 5) is 12.3. The predicted molar refractivity (Wildman–Crippen MR) is 93.5 cm³/mol. The molecule has 2 aromatic heterocycles. The predicted octanol–water partition coefficient (Wildman–Crippen LogP) is 2.47. The van der Waals surface area contributed by atoms with Crippen LogP contribution in [0.1, 0.15) is 36.3 Å². The Labute approximate surface area is 145 Å². The second kappa shape index (κ2) is 6.55. The van der Waals surface area contributed by atoms with Gasteiger partial charge in [-0.25, -0.2) is 0 Å². The number of hydrogen-bond acceptors (Lipinski definition) is 4. The molecule has 25 heavy (non-hydrogen) atoms. The highest BCUT2D eigenvalue weighted by Crippen LogP contribution is 2.26. The van der Waals surface area contributed by atoms with E-state index >= 15 is 0 Å². The highest BCUT2D eigenvalue weighted by Gasteiger charge is 2.16. The van der Waals surface area contributed by atoms with Crippen molar-refractivity contribution in [2.24, 2.45) is 0 Å². The van der Waals surface area contributed by atoms with Gasteiger partial charge in [0.25, 0.3) is 0 Å². The number of nitrogens with one attached hydrogen (secondary N) is 1. The zero-order valence-electron chi connectivity index (χ0n) is 14.1. The highest BCUT2D eigenvalue weighted by molar-refractivity contribution is 5.76. The Kier molecular flexibility index (Phi) is 4.09. The van der Waals surface area contributed by atoms with Gasteiger partial charge >= 0.3 is 0 Å². The van der Waals surface area contributed by atoms with Crippen molar-refractivity contribution < 1.29 is 9.53 Å². The summed E-state index contributed by atoms with van der Waals surface area (Å²) in [7, 11) is 0. The molecule has 0 fully saturated rings. The SMILES string of the molecule is C[C@@H](NC(=O)CCc1ccc2c(c1)CCO2)c1nnc2ccccn12. The maximum Gasteiger partial charge on any atom is 0.220 e. The summed E-state index contributed by atoms with van der Waals surface area (Å²) in [6, 6.07) is 11.7. The second-order valence-corrected chi connectivity index (χ2v) is 6.32. The molecule has 1 amide bonds. The van der Waals surface area contributed by atoms with Crippen molar-refractivity contribution in [1.29, 1.82) is 0 Å². The molecule has 4 rings (SSSR count). The van der Waals surface area contributed by atoms with E-state index in [1.54, 1.807) is 0 Å². The lowest BCUT2D eigenvalue weighted by Crippen LogP contribution is -2.28. The summed E-state index contributed by atoms with van der Waals surface area (Å²) in [6.07, 6.45) is 4.01. The van der Waals surface area contributed by atoms with Crippen LogP contribution in [0.25, 0.3) is 5.65 Å². The lowest BCUT2D eigenvalue weighted by Gasteiger charge is -2.12. The minimum Gasteiger partial charge on any atom is -0.493 e. The second-order valence-electron chi connectivity index (χ2n) is 6.32. The number of ether oxygens (including phenoxy) is 1. The first kappa shape index (κ1) is 15.6. The highest BCUT2D eigenvalue weighted by atomic mass is 16.5. The van der Waals surface area contributed by atoms with Gasteiger partial charge in [-0.1, -0.05) is 18.2 Å². The summed E-state index contributed by atoms with van der Waals surface area (Å²) in [6.45, 7) is 2.68. The molecule has 6 heteroatoms. The van der Waals surface area contributed by atoms with E-state index in [2.05, 4.69) is 21.6 Å². The zero-order valence-corrected chi connectivity index (χ0v) is 14.1. The molecule has 0 saturated heterocycles. The molecular weight excluding hydrogens is 316 g/mol. The van der Waals surface area contributed by atoms with Gasteiger partial charge in [0.05, 0.1) is 12.6 Å². The average Bonchev–Trinajstić information content (AvgIpc) is 3.26. The van der Waals surface area contributed by atoms with Gasteiger partial charge in [0.1, 0.15) is 5.75 Å². The van der Waals surface area contributed by atoms with Crippen LogP contribution in [0.2, 0.25) is 0 Å². The smallest absolute Gasteiger partial charge is 0.220 e. The van der Waals surface area contributed by atoms with Gasteiger partial charge in [0.15, 0.2) is 11.5 Å². The molecule has 1 N–H and O–H groups in total. The number of aryl methyl sites for hydroxylation is 1. The molecule has 1 aromatic carbocycles. The Bertz CT molecular complexity index is 919. The maximum absolute atomic E-state index is 12.3. The van der Waals surface area contributed by atoms with Crippen LogP contribution in [0, 0.1) is 0 Å². The van der Waals surface area contributed by atoms with Gasteiger partial charge in [-0.05, 0) is 42.7 Å². The molecule has 0 unspecified atom stereocenters. The Hall–Kier alpha value is -2.89. The molecule has 6 nitrogen and oxygen atoms in total. The van der Waals surface area contributed by atoms with Crippen LogP contribution in [-0.2, 0) is 17.6 Å². The molecule has 0 spiro atoms. The zero-order chi connectivity index (χ0) is 17.2. The van der Waals surface area contributed by atoms with Crippen molar-refractivity contribution in [3.8, 4) is 5.75 Å². The van der Waals surface area contributed by atoms with Crippen molar-refractivity contribution in [3.63, 3.8) is 0 Å². The van der Waals surface area contributed by atoms with Crippen molar-refractivity contribution in [1.82, 2.24) is 19.9 Å². The number of fused-ring (bicyclic) bond motifs is 2. The number of nitrogens with zero attached hydrogens (tertiary/aromatic N) is 3. The van der Waals surface area contributed by atoms with Crippen LogP contribution in [0.5, 0.6) is 5.75 Å². The van der Waals surface area contributed by atoms with Gasteiger partial charge < -0.3 is 10.1 Å². The Morgan fingerprint density at radius 1 is 1.32 bits per heavy atom. The molecule has 0 bridgehead atoms. The number of benzene rings is 1.